The second kappa shape index (κ2) is 13.5. The van der Waals surface area contributed by atoms with Crippen molar-refractivity contribution in [3.05, 3.63) is 209 Å². The van der Waals surface area contributed by atoms with Crippen LogP contribution in [0.3, 0.4) is 0 Å². The third-order valence-corrected chi connectivity index (χ3v) is 14.8. The van der Waals surface area contributed by atoms with E-state index in [4.69, 9.17) is 0 Å². The van der Waals surface area contributed by atoms with Gasteiger partial charge >= 0.3 is 0 Å². The molecule has 0 amide bonds. The minimum atomic E-state index is -0.156. The fourth-order valence-electron chi connectivity index (χ4n) is 12.1. The molecule has 8 aromatic rings. The monoisotopic (exact) mass is 801 g/mol. The van der Waals surface area contributed by atoms with Gasteiger partial charge in [0.2, 0.25) is 0 Å². The first-order valence-corrected chi connectivity index (χ1v) is 22.5. The summed E-state index contributed by atoms with van der Waals surface area (Å²) in [5.41, 5.74) is 25.2. The van der Waals surface area contributed by atoms with Crippen molar-refractivity contribution < 1.29 is 0 Å². The van der Waals surface area contributed by atoms with Crippen molar-refractivity contribution in [1.82, 2.24) is 0 Å². The maximum atomic E-state index is 2.57. The summed E-state index contributed by atoms with van der Waals surface area (Å²) in [6.07, 6.45) is 1.18. The lowest BCUT2D eigenvalue weighted by Gasteiger charge is -2.32. The average Bonchev–Trinajstić information content (AvgIpc) is 3.74. The Hall–Kier alpha value is -6.44. The Morgan fingerprint density at radius 3 is 1.40 bits per heavy atom. The van der Waals surface area contributed by atoms with E-state index in [2.05, 4.69) is 236 Å². The van der Waals surface area contributed by atoms with Gasteiger partial charge in [-0.1, -0.05) is 195 Å². The van der Waals surface area contributed by atoms with Crippen LogP contribution in [-0.2, 0) is 21.7 Å². The van der Waals surface area contributed by atoms with Crippen molar-refractivity contribution in [2.24, 2.45) is 0 Å². The molecule has 0 aromatic heterocycles. The minimum absolute atomic E-state index is 0.0990. The van der Waals surface area contributed by atoms with Crippen molar-refractivity contribution >= 4 is 17.1 Å². The Bertz CT molecular complexity index is 3050. The van der Waals surface area contributed by atoms with Crippen molar-refractivity contribution in [2.45, 2.75) is 83.5 Å². The van der Waals surface area contributed by atoms with E-state index in [9.17, 15) is 0 Å². The molecule has 0 aliphatic heterocycles. The summed E-state index contributed by atoms with van der Waals surface area (Å²) in [7, 11) is 0. The van der Waals surface area contributed by atoms with Gasteiger partial charge < -0.3 is 4.90 Å². The number of hydrogen-bond acceptors (Lipinski definition) is 1. The Balaban J connectivity index is 0.953. The lowest BCUT2D eigenvalue weighted by Crippen LogP contribution is -2.20. The molecule has 0 N–H and O–H groups in total. The molecule has 0 atom stereocenters. The predicted molar refractivity (Wildman–Crippen MR) is 263 cm³/mol. The quantitative estimate of drug-likeness (QED) is 0.162. The smallest absolute Gasteiger partial charge is 0.0508 e. The van der Waals surface area contributed by atoms with Gasteiger partial charge in [0.25, 0.3) is 0 Å². The maximum Gasteiger partial charge on any atom is 0.0508 e. The van der Waals surface area contributed by atoms with Crippen LogP contribution in [0.25, 0.3) is 55.6 Å². The normalized spacial score (nSPS) is 16.5. The average molecular weight is 802 g/mol. The van der Waals surface area contributed by atoms with Gasteiger partial charge in [0.15, 0.2) is 0 Å². The highest BCUT2D eigenvalue weighted by Gasteiger charge is 2.46. The SMILES string of the molecule is CC1(C)CC(C)(C)c2cc3c(cc21)-c1cccc(-c2ccc(-c4ccc(N(c5ccc(-c6ccccc6)cc5)c5cccc6c5C(C)(C)c5ccccc5-6)cc4)cc2)c1C3(C)C. The molecular formula is C61H55N. The van der Waals surface area contributed by atoms with Crippen LogP contribution in [0.1, 0.15) is 95.2 Å². The van der Waals surface area contributed by atoms with E-state index < -0.39 is 0 Å². The van der Waals surface area contributed by atoms with Crippen LogP contribution in [0, 0.1) is 0 Å². The van der Waals surface area contributed by atoms with Crippen LogP contribution in [-0.4, -0.2) is 0 Å². The van der Waals surface area contributed by atoms with Gasteiger partial charge in [-0.25, -0.2) is 0 Å². The van der Waals surface area contributed by atoms with Gasteiger partial charge in [0.1, 0.15) is 0 Å². The highest BCUT2D eigenvalue weighted by Crippen LogP contribution is 2.58. The van der Waals surface area contributed by atoms with E-state index >= 15 is 0 Å². The van der Waals surface area contributed by atoms with Crippen molar-refractivity contribution in [3.63, 3.8) is 0 Å². The molecule has 62 heavy (non-hydrogen) atoms. The molecule has 1 heteroatoms. The third kappa shape index (κ3) is 5.74. The van der Waals surface area contributed by atoms with Crippen molar-refractivity contribution in [1.29, 1.82) is 0 Å². The number of anilines is 3. The largest absolute Gasteiger partial charge is 0.310 e. The molecule has 0 radical (unpaired) electrons. The summed E-state index contributed by atoms with van der Waals surface area (Å²) in [5, 5.41) is 0. The lowest BCUT2D eigenvalue weighted by atomic mass is 9.77. The fraction of sp³-hybridized carbons (Fsp3) is 0.213. The molecule has 0 saturated carbocycles. The third-order valence-electron chi connectivity index (χ3n) is 14.8. The van der Waals surface area contributed by atoms with E-state index in [0.29, 0.717) is 0 Å². The molecular weight excluding hydrogens is 747 g/mol. The van der Waals surface area contributed by atoms with Gasteiger partial charge in [0.05, 0.1) is 5.69 Å². The van der Waals surface area contributed by atoms with Gasteiger partial charge in [-0.2, -0.15) is 0 Å². The molecule has 304 valence electrons. The Labute approximate surface area is 368 Å². The van der Waals surface area contributed by atoms with Crippen LogP contribution < -0.4 is 4.90 Å². The topological polar surface area (TPSA) is 3.24 Å². The van der Waals surface area contributed by atoms with Crippen LogP contribution in [0.4, 0.5) is 17.1 Å². The van der Waals surface area contributed by atoms with Crippen LogP contribution in [0.5, 0.6) is 0 Å². The summed E-state index contributed by atoms with van der Waals surface area (Å²) in [6, 6.07) is 66.0. The van der Waals surface area contributed by atoms with Crippen LogP contribution >= 0.6 is 0 Å². The lowest BCUT2D eigenvalue weighted by molar-refractivity contribution is 0.403. The first-order valence-electron chi connectivity index (χ1n) is 22.5. The molecule has 0 spiro atoms. The van der Waals surface area contributed by atoms with Gasteiger partial charge in [-0.05, 0) is 143 Å². The van der Waals surface area contributed by atoms with Crippen molar-refractivity contribution in [3.8, 4) is 55.6 Å². The molecule has 8 aromatic carbocycles. The predicted octanol–water partition coefficient (Wildman–Crippen LogP) is 16.7. The van der Waals surface area contributed by atoms with E-state index in [1.807, 2.05) is 0 Å². The summed E-state index contributed by atoms with van der Waals surface area (Å²) in [5.74, 6) is 0. The number of benzene rings is 8. The zero-order valence-electron chi connectivity index (χ0n) is 37.4. The Kier molecular flexibility index (Phi) is 8.40. The molecule has 3 aliphatic carbocycles. The first-order chi connectivity index (χ1) is 29.7. The zero-order chi connectivity index (χ0) is 42.8. The molecule has 0 unspecified atom stereocenters. The Morgan fingerprint density at radius 1 is 0.323 bits per heavy atom. The number of rotatable bonds is 6. The highest BCUT2D eigenvalue weighted by molar-refractivity contribution is 5.92. The number of nitrogens with zero attached hydrogens (tertiary/aromatic N) is 1. The van der Waals surface area contributed by atoms with Crippen LogP contribution in [0.15, 0.2) is 176 Å². The maximum absolute atomic E-state index is 2.57. The molecule has 11 rings (SSSR count). The van der Waals surface area contributed by atoms with Gasteiger partial charge in [-0.3, -0.25) is 0 Å². The van der Waals surface area contributed by atoms with Crippen LogP contribution in [0.2, 0.25) is 0 Å². The standard InChI is InChI=1S/C61H55N/c1-58(2)38-59(3,4)54-37-52-50(36-53(54)58)49-20-14-19-46(56(49)61(52,7)8)43-26-24-40(25-27-43)42-30-34-45(35-31-42)62(44-32-28-41(29-33-44)39-16-10-9-11-17-39)55-23-15-21-48-47-18-12-13-22-51(47)60(5,6)57(48)55/h9-37H,38H2,1-8H3. The molecule has 3 aliphatic rings. The number of fused-ring (bicyclic) bond motifs is 7. The minimum Gasteiger partial charge on any atom is -0.310 e. The second-order valence-electron chi connectivity index (χ2n) is 20.5. The van der Waals surface area contributed by atoms with E-state index in [-0.39, 0.29) is 21.7 Å². The van der Waals surface area contributed by atoms with Gasteiger partial charge in [0, 0.05) is 22.2 Å². The van der Waals surface area contributed by atoms with Gasteiger partial charge in [-0.15, -0.1) is 0 Å². The Morgan fingerprint density at radius 2 is 0.774 bits per heavy atom. The summed E-state index contributed by atoms with van der Waals surface area (Å²) < 4.78 is 0. The van der Waals surface area contributed by atoms with E-state index in [1.165, 1.54) is 101 Å². The second-order valence-corrected chi connectivity index (χ2v) is 20.5. The first kappa shape index (κ1) is 38.5. The van der Waals surface area contributed by atoms with E-state index in [0.717, 1.165) is 11.4 Å². The molecule has 0 bridgehead atoms. The molecule has 0 saturated heterocycles. The van der Waals surface area contributed by atoms with Crippen molar-refractivity contribution in [2.75, 3.05) is 4.90 Å². The zero-order valence-corrected chi connectivity index (χ0v) is 37.4. The van der Waals surface area contributed by atoms with E-state index in [1.54, 1.807) is 0 Å². The fourth-order valence-corrected chi connectivity index (χ4v) is 12.1. The summed E-state index contributed by atoms with van der Waals surface area (Å²) in [4.78, 5) is 2.46. The molecule has 1 nitrogen and oxygen atoms in total. The summed E-state index contributed by atoms with van der Waals surface area (Å²) in [6.45, 7) is 19.3. The molecule has 0 fully saturated rings. The highest BCUT2D eigenvalue weighted by atomic mass is 15.1. The molecule has 0 heterocycles. The number of hydrogen-bond donors (Lipinski definition) is 0. The summed E-state index contributed by atoms with van der Waals surface area (Å²) >= 11 is 0.